The van der Waals surface area contributed by atoms with E-state index in [-0.39, 0.29) is 5.91 Å². The van der Waals surface area contributed by atoms with Gasteiger partial charge in [-0.1, -0.05) is 42.8 Å². The molecule has 1 atom stereocenters. The van der Waals surface area contributed by atoms with E-state index in [4.69, 9.17) is 4.74 Å². The predicted molar refractivity (Wildman–Crippen MR) is 93.7 cm³/mol. The van der Waals surface area contributed by atoms with E-state index in [0.717, 1.165) is 29.9 Å². The van der Waals surface area contributed by atoms with Gasteiger partial charge in [-0.25, -0.2) is 0 Å². The van der Waals surface area contributed by atoms with Gasteiger partial charge in [-0.3, -0.25) is 4.79 Å². The predicted octanol–water partition coefficient (Wildman–Crippen LogP) is 3.51. The van der Waals surface area contributed by atoms with E-state index in [1.165, 1.54) is 0 Å². The lowest BCUT2D eigenvalue weighted by Gasteiger charge is -2.16. The number of carbonyl (C=O) groups is 1. The maximum Gasteiger partial charge on any atom is 0.265 e. The molecule has 0 heterocycles. The highest BCUT2D eigenvalue weighted by molar-refractivity contribution is 5.94. The van der Waals surface area contributed by atoms with E-state index in [0.29, 0.717) is 5.75 Å². The first-order valence-electron chi connectivity index (χ1n) is 7.93. The van der Waals surface area contributed by atoms with Crippen LogP contribution in [0.2, 0.25) is 0 Å². The summed E-state index contributed by atoms with van der Waals surface area (Å²) < 4.78 is 5.70. The number of carbonyl (C=O) groups excluding carboxylic acids is 1. The smallest absolute Gasteiger partial charge is 0.265 e. The summed E-state index contributed by atoms with van der Waals surface area (Å²) >= 11 is 0. The monoisotopic (exact) mass is 312 g/mol. The van der Waals surface area contributed by atoms with E-state index in [9.17, 15) is 4.79 Å². The molecule has 1 amide bonds. The average Bonchev–Trinajstić information content (AvgIpc) is 2.56. The van der Waals surface area contributed by atoms with Crippen LogP contribution in [-0.2, 0) is 11.3 Å². The van der Waals surface area contributed by atoms with E-state index in [1.807, 2.05) is 55.5 Å². The summed E-state index contributed by atoms with van der Waals surface area (Å²) in [6.45, 7) is 7.43. The quantitative estimate of drug-likeness (QED) is 0.822. The minimum Gasteiger partial charge on any atom is -0.481 e. The van der Waals surface area contributed by atoms with Gasteiger partial charge in [0.25, 0.3) is 5.91 Å². The summed E-state index contributed by atoms with van der Waals surface area (Å²) in [7, 11) is 0. The van der Waals surface area contributed by atoms with Crippen LogP contribution < -0.4 is 15.4 Å². The Balaban J connectivity index is 1.99. The molecule has 0 aromatic heterocycles. The number of aryl methyl sites for hydroxylation is 1. The number of para-hydroxylation sites is 1. The highest BCUT2D eigenvalue weighted by Gasteiger charge is 2.16. The molecule has 122 valence electrons. The fourth-order valence-electron chi connectivity index (χ4n) is 2.16. The number of anilines is 1. The number of benzene rings is 2. The van der Waals surface area contributed by atoms with Crippen LogP contribution in [0.25, 0.3) is 0 Å². The minimum absolute atomic E-state index is 0.158. The molecule has 2 rings (SSSR count). The SMILES string of the molecule is CCNCc1ccccc1NC(=O)C(C)Oc1ccc(C)cc1. The van der Waals surface area contributed by atoms with Crippen molar-refractivity contribution >= 4 is 11.6 Å². The largest absolute Gasteiger partial charge is 0.481 e. The fraction of sp³-hybridized carbons (Fsp3) is 0.316. The Hall–Kier alpha value is -2.33. The normalized spacial score (nSPS) is 11.8. The van der Waals surface area contributed by atoms with E-state index in [2.05, 4.69) is 17.6 Å². The summed E-state index contributed by atoms with van der Waals surface area (Å²) in [6.07, 6.45) is -0.565. The molecule has 0 saturated carbocycles. The molecule has 0 bridgehead atoms. The molecule has 0 saturated heterocycles. The lowest BCUT2D eigenvalue weighted by molar-refractivity contribution is -0.122. The standard InChI is InChI=1S/C19H24N2O2/c1-4-20-13-16-7-5-6-8-18(16)21-19(22)15(3)23-17-11-9-14(2)10-12-17/h5-12,15,20H,4,13H2,1-3H3,(H,21,22). The zero-order valence-electron chi connectivity index (χ0n) is 13.9. The highest BCUT2D eigenvalue weighted by atomic mass is 16.5. The molecule has 0 radical (unpaired) electrons. The topological polar surface area (TPSA) is 50.4 Å². The van der Waals surface area contributed by atoms with Gasteiger partial charge in [-0.15, -0.1) is 0 Å². The molecule has 2 aromatic rings. The van der Waals surface area contributed by atoms with Crippen LogP contribution in [0.4, 0.5) is 5.69 Å². The van der Waals surface area contributed by atoms with Gasteiger partial charge in [0.15, 0.2) is 6.10 Å². The van der Waals surface area contributed by atoms with Gasteiger partial charge in [0.1, 0.15) is 5.75 Å². The van der Waals surface area contributed by atoms with E-state index >= 15 is 0 Å². The fourth-order valence-corrected chi connectivity index (χ4v) is 2.16. The molecule has 0 aliphatic carbocycles. The van der Waals surface area contributed by atoms with Gasteiger partial charge in [0, 0.05) is 12.2 Å². The number of hydrogen-bond acceptors (Lipinski definition) is 3. The summed E-state index contributed by atoms with van der Waals surface area (Å²) in [6, 6.07) is 15.5. The van der Waals surface area contributed by atoms with Crippen LogP contribution in [-0.4, -0.2) is 18.6 Å². The van der Waals surface area contributed by atoms with E-state index in [1.54, 1.807) is 6.92 Å². The molecule has 23 heavy (non-hydrogen) atoms. The van der Waals surface area contributed by atoms with Crippen molar-refractivity contribution in [3.8, 4) is 5.75 Å². The van der Waals surface area contributed by atoms with Crippen molar-refractivity contribution < 1.29 is 9.53 Å². The van der Waals surface area contributed by atoms with Crippen LogP contribution in [0.15, 0.2) is 48.5 Å². The number of nitrogens with one attached hydrogen (secondary N) is 2. The number of amides is 1. The Morgan fingerprint density at radius 3 is 2.52 bits per heavy atom. The van der Waals surface area contributed by atoms with Crippen molar-refractivity contribution in [2.45, 2.75) is 33.4 Å². The Labute approximate surface area is 137 Å². The lowest BCUT2D eigenvalue weighted by Crippen LogP contribution is -2.30. The molecule has 0 aliphatic rings. The maximum atomic E-state index is 12.4. The number of ether oxygens (including phenoxy) is 1. The van der Waals surface area contributed by atoms with Crippen LogP contribution in [0, 0.1) is 6.92 Å². The molecule has 4 nitrogen and oxygen atoms in total. The van der Waals surface area contributed by atoms with Crippen LogP contribution >= 0.6 is 0 Å². The summed E-state index contributed by atoms with van der Waals surface area (Å²) in [5.41, 5.74) is 3.04. The maximum absolute atomic E-state index is 12.4. The first-order chi connectivity index (χ1) is 11.1. The molecule has 1 unspecified atom stereocenters. The van der Waals surface area contributed by atoms with Crippen molar-refractivity contribution in [3.05, 3.63) is 59.7 Å². The van der Waals surface area contributed by atoms with Gasteiger partial charge in [-0.05, 0) is 44.2 Å². The molecule has 0 fully saturated rings. The molecule has 2 aromatic carbocycles. The van der Waals surface area contributed by atoms with Crippen LogP contribution in [0.1, 0.15) is 25.0 Å². The first kappa shape index (κ1) is 17.0. The van der Waals surface area contributed by atoms with Gasteiger partial charge in [0.2, 0.25) is 0 Å². The van der Waals surface area contributed by atoms with Gasteiger partial charge in [-0.2, -0.15) is 0 Å². The summed E-state index contributed by atoms with van der Waals surface area (Å²) in [5, 5.41) is 6.22. The number of rotatable bonds is 7. The molecule has 4 heteroatoms. The third kappa shape index (κ3) is 5.11. The lowest BCUT2D eigenvalue weighted by atomic mass is 10.1. The van der Waals surface area contributed by atoms with E-state index < -0.39 is 6.10 Å². The van der Waals surface area contributed by atoms with Crippen molar-refractivity contribution in [3.63, 3.8) is 0 Å². The zero-order chi connectivity index (χ0) is 16.7. The Morgan fingerprint density at radius 2 is 1.83 bits per heavy atom. The molecule has 2 N–H and O–H groups in total. The van der Waals surface area contributed by atoms with Crippen molar-refractivity contribution in [1.29, 1.82) is 0 Å². The van der Waals surface area contributed by atoms with Gasteiger partial charge >= 0.3 is 0 Å². The Morgan fingerprint density at radius 1 is 1.13 bits per heavy atom. The van der Waals surface area contributed by atoms with Gasteiger partial charge < -0.3 is 15.4 Å². The van der Waals surface area contributed by atoms with Crippen molar-refractivity contribution in [2.24, 2.45) is 0 Å². The first-order valence-corrected chi connectivity index (χ1v) is 7.93. The second-order valence-electron chi connectivity index (χ2n) is 5.50. The third-order valence-corrected chi connectivity index (χ3v) is 3.54. The van der Waals surface area contributed by atoms with Crippen LogP contribution in [0.5, 0.6) is 5.75 Å². The zero-order valence-corrected chi connectivity index (χ0v) is 13.9. The second-order valence-corrected chi connectivity index (χ2v) is 5.50. The summed E-state index contributed by atoms with van der Waals surface area (Å²) in [5.74, 6) is 0.536. The molecular weight excluding hydrogens is 288 g/mol. The molecule has 0 aliphatic heterocycles. The number of hydrogen-bond donors (Lipinski definition) is 2. The summed E-state index contributed by atoms with van der Waals surface area (Å²) in [4.78, 5) is 12.4. The van der Waals surface area contributed by atoms with Crippen molar-refractivity contribution in [2.75, 3.05) is 11.9 Å². The third-order valence-electron chi connectivity index (χ3n) is 3.54. The average molecular weight is 312 g/mol. The van der Waals surface area contributed by atoms with Crippen molar-refractivity contribution in [1.82, 2.24) is 5.32 Å². The minimum atomic E-state index is -0.565. The highest BCUT2D eigenvalue weighted by Crippen LogP contribution is 2.17. The van der Waals surface area contributed by atoms with Crippen LogP contribution in [0.3, 0.4) is 0 Å². The van der Waals surface area contributed by atoms with Gasteiger partial charge in [0.05, 0.1) is 0 Å². The second kappa shape index (κ2) is 8.34. The Kier molecular flexibility index (Phi) is 6.18. The molecule has 0 spiro atoms. The molecular formula is C19H24N2O2. The Bertz CT molecular complexity index is 638.